The molecule has 1 aliphatic heterocycles. The van der Waals surface area contributed by atoms with Gasteiger partial charge in [-0.25, -0.2) is 19.6 Å². The van der Waals surface area contributed by atoms with E-state index in [1.807, 2.05) is 31.2 Å². The van der Waals surface area contributed by atoms with E-state index in [1.165, 1.54) is 11.3 Å². The summed E-state index contributed by atoms with van der Waals surface area (Å²) in [4.78, 5) is 41.4. The summed E-state index contributed by atoms with van der Waals surface area (Å²) in [5.41, 5.74) is 0.817. The third-order valence-electron chi connectivity index (χ3n) is 4.30. The number of quaternary nitrogens is 1. The van der Waals surface area contributed by atoms with Crippen LogP contribution in [0.25, 0.3) is 10.2 Å². The van der Waals surface area contributed by atoms with Crippen molar-refractivity contribution in [2.75, 3.05) is 20.3 Å². The molecule has 0 saturated carbocycles. The third kappa shape index (κ3) is 3.78. The number of amides is 4. The SMILES string of the molecule is C[C@@H](c1nc2ccccc2s1)[NH+](C)CN1C(=O)C(=O)N(CC(F)(F)F)C1=O. The Morgan fingerprint density at radius 1 is 1.15 bits per heavy atom. The van der Waals surface area contributed by atoms with Crippen LogP contribution in [0.2, 0.25) is 0 Å². The van der Waals surface area contributed by atoms with Gasteiger partial charge in [0.1, 0.15) is 12.6 Å². The molecule has 0 aliphatic carbocycles. The van der Waals surface area contributed by atoms with Gasteiger partial charge in [-0.15, -0.1) is 11.3 Å². The Morgan fingerprint density at radius 3 is 2.41 bits per heavy atom. The van der Waals surface area contributed by atoms with E-state index in [-0.39, 0.29) is 17.6 Å². The molecule has 0 spiro atoms. The number of hydrogen-bond acceptors (Lipinski definition) is 5. The van der Waals surface area contributed by atoms with Crippen LogP contribution >= 0.6 is 11.3 Å². The van der Waals surface area contributed by atoms with Gasteiger partial charge in [-0.3, -0.25) is 9.59 Å². The predicted molar refractivity (Wildman–Crippen MR) is 89.8 cm³/mol. The fourth-order valence-corrected chi connectivity index (χ4v) is 3.79. The number of hydrogen-bond donors (Lipinski definition) is 1. The summed E-state index contributed by atoms with van der Waals surface area (Å²) in [7, 11) is 1.67. The van der Waals surface area contributed by atoms with Gasteiger partial charge in [0.25, 0.3) is 0 Å². The van der Waals surface area contributed by atoms with Crippen LogP contribution in [0.1, 0.15) is 18.0 Å². The summed E-state index contributed by atoms with van der Waals surface area (Å²) in [5, 5.41) is 0.756. The molecule has 1 N–H and O–H groups in total. The number of carbonyl (C=O) groups is 3. The molecule has 1 fully saturated rings. The summed E-state index contributed by atoms with van der Waals surface area (Å²) >= 11 is 1.46. The minimum Gasteiger partial charge on any atom is -0.312 e. The van der Waals surface area contributed by atoms with Crippen molar-refractivity contribution in [3.63, 3.8) is 0 Å². The van der Waals surface area contributed by atoms with E-state index in [1.54, 1.807) is 7.05 Å². The molecule has 2 aromatic rings. The lowest BCUT2D eigenvalue weighted by Gasteiger charge is -2.24. The van der Waals surface area contributed by atoms with E-state index in [9.17, 15) is 27.6 Å². The van der Waals surface area contributed by atoms with E-state index in [0.29, 0.717) is 9.80 Å². The topological polar surface area (TPSA) is 75.0 Å². The molecule has 3 rings (SSSR count). The smallest absolute Gasteiger partial charge is 0.312 e. The van der Waals surface area contributed by atoms with E-state index >= 15 is 0 Å². The molecule has 7 nitrogen and oxygen atoms in total. The Morgan fingerprint density at radius 2 is 1.78 bits per heavy atom. The lowest BCUT2D eigenvalue weighted by Crippen LogP contribution is -3.10. The number of urea groups is 1. The number of alkyl halides is 3. The minimum absolute atomic E-state index is 0.0715. The maximum absolute atomic E-state index is 12.5. The second kappa shape index (κ2) is 6.89. The average Bonchev–Trinajstić information content (AvgIpc) is 3.11. The zero-order valence-corrected chi connectivity index (χ0v) is 15.2. The first-order chi connectivity index (χ1) is 12.6. The van der Waals surface area contributed by atoms with Gasteiger partial charge in [0.15, 0.2) is 11.7 Å². The van der Waals surface area contributed by atoms with Crippen molar-refractivity contribution in [3.05, 3.63) is 29.3 Å². The quantitative estimate of drug-likeness (QED) is 0.603. The lowest BCUT2D eigenvalue weighted by atomic mass is 10.3. The maximum atomic E-state index is 12.5. The molecule has 2 heterocycles. The number of benzene rings is 1. The Bertz CT molecular complexity index is 881. The molecule has 4 amide bonds. The highest BCUT2D eigenvalue weighted by atomic mass is 32.1. The number of nitrogens with zero attached hydrogens (tertiary/aromatic N) is 3. The number of rotatable bonds is 5. The maximum Gasteiger partial charge on any atom is 0.406 e. The average molecular weight is 401 g/mol. The Labute approximate surface area is 156 Å². The number of nitrogens with one attached hydrogen (secondary N) is 1. The number of fused-ring (bicyclic) bond motifs is 1. The molecule has 1 aliphatic rings. The van der Waals surface area contributed by atoms with Crippen molar-refractivity contribution in [3.8, 4) is 0 Å². The molecule has 0 radical (unpaired) electrons. The van der Waals surface area contributed by atoms with E-state index in [4.69, 9.17) is 0 Å². The summed E-state index contributed by atoms with van der Waals surface area (Å²) in [6.07, 6.45) is -4.77. The number of imide groups is 2. The molecule has 1 aromatic carbocycles. The van der Waals surface area contributed by atoms with Crippen LogP contribution in [0.4, 0.5) is 18.0 Å². The summed E-state index contributed by atoms with van der Waals surface area (Å²) in [5.74, 6) is -2.71. The van der Waals surface area contributed by atoms with Crippen LogP contribution in [-0.4, -0.2) is 59.1 Å². The summed E-state index contributed by atoms with van der Waals surface area (Å²) in [6, 6.07) is 6.02. The Kier molecular flexibility index (Phi) is 4.91. The van der Waals surface area contributed by atoms with Crippen LogP contribution in [-0.2, 0) is 9.59 Å². The highest BCUT2D eigenvalue weighted by Crippen LogP contribution is 2.25. The van der Waals surface area contributed by atoms with Gasteiger partial charge in [-0.1, -0.05) is 12.1 Å². The van der Waals surface area contributed by atoms with Crippen LogP contribution < -0.4 is 4.90 Å². The molecule has 2 atom stereocenters. The number of thiazole rings is 1. The lowest BCUT2D eigenvalue weighted by molar-refractivity contribution is -0.917. The van der Waals surface area contributed by atoms with Crippen LogP contribution in [0, 0.1) is 0 Å². The van der Waals surface area contributed by atoms with Gasteiger partial charge in [0.05, 0.1) is 17.3 Å². The van der Waals surface area contributed by atoms with E-state index in [2.05, 4.69) is 4.98 Å². The number of carbonyl (C=O) groups excluding carboxylic acids is 3. The predicted octanol–water partition coefficient (Wildman–Crippen LogP) is 1.18. The molecule has 11 heteroatoms. The Balaban J connectivity index is 1.74. The monoisotopic (exact) mass is 401 g/mol. The molecule has 0 bridgehead atoms. The van der Waals surface area contributed by atoms with Crippen molar-refractivity contribution in [2.45, 2.75) is 19.1 Å². The van der Waals surface area contributed by atoms with Gasteiger partial charge >= 0.3 is 24.0 Å². The van der Waals surface area contributed by atoms with Crippen LogP contribution in [0.3, 0.4) is 0 Å². The second-order valence-electron chi connectivity index (χ2n) is 6.27. The first-order valence-electron chi connectivity index (χ1n) is 8.00. The standard InChI is InChI=1S/C16H15F3N4O3S/c1-9(12-20-10-5-3-4-6-11(10)27-12)21(2)8-23-14(25)13(24)22(15(23)26)7-16(17,18)19/h3-6,9H,7-8H2,1-2H3/p+1/t9-/m0/s1. The zero-order chi connectivity index (χ0) is 19.9. The number of aromatic nitrogens is 1. The Hall–Kier alpha value is -2.53. The van der Waals surface area contributed by atoms with Crippen molar-refractivity contribution in [1.29, 1.82) is 0 Å². The van der Waals surface area contributed by atoms with Gasteiger partial charge in [0, 0.05) is 0 Å². The van der Waals surface area contributed by atoms with E-state index in [0.717, 1.165) is 15.2 Å². The van der Waals surface area contributed by atoms with Gasteiger partial charge in [0.2, 0.25) is 0 Å². The molecule has 1 aromatic heterocycles. The molecular weight excluding hydrogens is 385 g/mol. The minimum atomic E-state index is -4.77. The molecular formula is C16H16F3N4O3S+. The third-order valence-corrected chi connectivity index (χ3v) is 5.52. The first kappa shape index (κ1) is 19.2. The summed E-state index contributed by atoms with van der Waals surface area (Å²) < 4.78 is 38.6. The molecule has 1 unspecified atom stereocenters. The second-order valence-corrected chi connectivity index (χ2v) is 7.33. The van der Waals surface area contributed by atoms with Crippen LogP contribution in [0.5, 0.6) is 0 Å². The summed E-state index contributed by atoms with van der Waals surface area (Å²) in [6.45, 7) is -0.193. The van der Waals surface area contributed by atoms with Crippen molar-refractivity contribution in [1.82, 2.24) is 14.8 Å². The van der Waals surface area contributed by atoms with Gasteiger partial charge in [-0.05, 0) is 19.1 Å². The van der Waals surface area contributed by atoms with Crippen molar-refractivity contribution < 1.29 is 32.5 Å². The van der Waals surface area contributed by atoms with Crippen LogP contribution in [0.15, 0.2) is 24.3 Å². The molecule has 27 heavy (non-hydrogen) atoms. The van der Waals surface area contributed by atoms with Crippen molar-refractivity contribution in [2.24, 2.45) is 0 Å². The highest BCUT2D eigenvalue weighted by molar-refractivity contribution is 7.18. The number of para-hydroxylation sites is 1. The molecule has 144 valence electrons. The molecule has 1 saturated heterocycles. The highest BCUT2D eigenvalue weighted by Gasteiger charge is 2.50. The van der Waals surface area contributed by atoms with Gasteiger partial charge in [-0.2, -0.15) is 13.2 Å². The normalized spacial score (nSPS) is 17.9. The fourth-order valence-electron chi connectivity index (χ4n) is 2.68. The van der Waals surface area contributed by atoms with E-state index < -0.39 is 30.6 Å². The van der Waals surface area contributed by atoms with Gasteiger partial charge < -0.3 is 4.90 Å². The number of halogens is 3. The zero-order valence-electron chi connectivity index (χ0n) is 14.4. The van der Waals surface area contributed by atoms with Crippen molar-refractivity contribution >= 4 is 39.4 Å². The fraction of sp³-hybridized carbons (Fsp3) is 0.375. The first-order valence-corrected chi connectivity index (χ1v) is 8.82. The largest absolute Gasteiger partial charge is 0.406 e.